The molecule has 0 atom stereocenters. The van der Waals surface area contributed by atoms with Crippen LogP contribution < -0.4 is 19.5 Å². The molecular weight excluding hydrogens is 378 g/mol. The minimum absolute atomic E-state index is 0.177. The number of benzene rings is 3. The Kier molecular flexibility index (Phi) is 7.92. The van der Waals surface area contributed by atoms with E-state index in [1.165, 1.54) is 6.08 Å². The number of ether oxygens (including phenoxy) is 3. The fraction of sp³-hybridized carbons (Fsp3) is 0.160. The Morgan fingerprint density at radius 2 is 1.63 bits per heavy atom. The van der Waals surface area contributed by atoms with Crippen molar-refractivity contribution in [3.05, 3.63) is 96.1 Å². The Bertz CT molecular complexity index is 952. The van der Waals surface area contributed by atoms with Gasteiger partial charge in [0.05, 0.1) is 13.7 Å². The molecule has 0 saturated carbocycles. The molecular formula is C25H25NO4. The fourth-order valence-electron chi connectivity index (χ4n) is 2.69. The molecule has 0 aromatic heterocycles. The van der Waals surface area contributed by atoms with E-state index in [4.69, 9.17) is 14.2 Å². The SMILES string of the molecule is COc1ccc(OCCNC(=O)/C=C/c2cccc(OCc3ccccc3)c2)cc1. The second-order valence-electron chi connectivity index (χ2n) is 6.50. The van der Waals surface area contributed by atoms with E-state index in [1.54, 1.807) is 13.2 Å². The van der Waals surface area contributed by atoms with Gasteiger partial charge < -0.3 is 19.5 Å². The van der Waals surface area contributed by atoms with Crippen molar-refractivity contribution in [1.82, 2.24) is 5.32 Å². The van der Waals surface area contributed by atoms with Crippen molar-refractivity contribution < 1.29 is 19.0 Å². The van der Waals surface area contributed by atoms with Crippen LogP contribution in [-0.2, 0) is 11.4 Å². The highest BCUT2D eigenvalue weighted by molar-refractivity contribution is 5.91. The lowest BCUT2D eigenvalue weighted by Crippen LogP contribution is -2.26. The third kappa shape index (κ3) is 7.02. The Labute approximate surface area is 176 Å². The van der Waals surface area contributed by atoms with Gasteiger partial charge in [0.25, 0.3) is 0 Å². The van der Waals surface area contributed by atoms with Gasteiger partial charge in [-0.1, -0.05) is 42.5 Å². The maximum Gasteiger partial charge on any atom is 0.244 e. The molecule has 0 bridgehead atoms. The van der Waals surface area contributed by atoms with Crippen molar-refractivity contribution >= 4 is 12.0 Å². The van der Waals surface area contributed by atoms with Gasteiger partial charge in [-0.3, -0.25) is 4.79 Å². The molecule has 0 saturated heterocycles. The van der Waals surface area contributed by atoms with Crippen LogP contribution in [0, 0.1) is 0 Å². The third-order valence-corrected chi connectivity index (χ3v) is 4.26. The lowest BCUT2D eigenvalue weighted by molar-refractivity contribution is -0.116. The largest absolute Gasteiger partial charge is 0.497 e. The smallest absolute Gasteiger partial charge is 0.244 e. The van der Waals surface area contributed by atoms with Crippen molar-refractivity contribution in [2.24, 2.45) is 0 Å². The van der Waals surface area contributed by atoms with E-state index < -0.39 is 0 Å². The Hall–Kier alpha value is -3.73. The van der Waals surface area contributed by atoms with E-state index in [0.717, 1.165) is 28.4 Å². The normalized spacial score (nSPS) is 10.6. The maximum absolute atomic E-state index is 12.0. The van der Waals surface area contributed by atoms with Crippen molar-refractivity contribution in [3.8, 4) is 17.2 Å². The van der Waals surface area contributed by atoms with E-state index in [2.05, 4.69) is 5.32 Å². The van der Waals surface area contributed by atoms with E-state index in [1.807, 2.05) is 78.9 Å². The number of methoxy groups -OCH3 is 1. The summed E-state index contributed by atoms with van der Waals surface area (Å²) in [6.45, 7) is 1.30. The summed E-state index contributed by atoms with van der Waals surface area (Å²) < 4.78 is 16.5. The fourth-order valence-corrected chi connectivity index (χ4v) is 2.69. The number of hydrogen-bond acceptors (Lipinski definition) is 4. The Morgan fingerprint density at radius 1 is 0.867 bits per heavy atom. The van der Waals surface area contributed by atoms with Crippen molar-refractivity contribution in [1.29, 1.82) is 0 Å². The highest BCUT2D eigenvalue weighted by Gasteiger charge is 1.99. The molecule has 0 aliphatic carbocycles. The van der Waals surface area contributed by atoms with E-state index in [-0.39, 0.29) is 5.91 Å². The van der Waals surface area contributed by atoms with Crippen LogP contribution >= 0.6 is 0 Å². The molecule has 0 spiro atoms. The Morgan fingerprint density at radius 3 is 2.40 bits per heavy atom. The lowest BCUT2D eigenvalue weighted by Gasteiger charge is -2.08. The third-order valence-electron chi connectivity index (χ3n) is 4.26. The van der Waals surface area contributed by atoms with E-state index in [0.29, 0.717) is 19.8 Å². The first-order valence-electron chi connectivity index (χ1n) is 9.72. The zero-order valence-corrected chi connectivity index (χ0v) is 16.9. The van der Waals surface area contributed by atoms with Gasteiger partial charge in [0.1, 0.15) is 30.5 Å². The van der Waals surface area contributed by atoms with Gasteiger partial charge in [0.2, 0.25) is 5.91 Å². The van der Waals surface area contributed by atoms with Crippen LogP contribution in [0.3, 0.4) is 0 Å². The minimum atomic E-state index is -0.177. The van der Waals surface area contributed by atoms with E-state index in [9.17, 15) is 4.79 Å². The molecule has 0 fully saturated rings. The quantitative estimate of drug-likeness (QED) is 0.401. The van der Waals surface area contributed by atoms with Gasteiger partial charge in [-0.05, 0) is 53.6 Å². The molecule has 0 unspecified atom stereocenters. The first kappa shape index (κ1) is 21.0. The zero-order valence-electron chi connectivity index (χ0n) is 16.9. The second kappa shape index (κ2) is 11.3. The van der Waals surface area contributed by atoms with Gasteiger partial charge >= 0.3 is 0 Å². The molecule has 3 aromatic carbocycles. The molecule has 5 nitrogen and oxygen atoms in total. The van der Waals surface area contributed by atoms with Crippen LogP contribution in [0.4, 0.5) is 0 Å². The number of carbonyl (C=O) groups is 1. The zero-order chi connectivity index (χ0) is 21.0. The summed E-state index contributed by atoms with van der Waals surface area (Å²) in [5, 5.41) is 2.80. The molecule has 0 aliphatic heterocycles. The summed E-state index contributed by atoms with van der Waals surface area (Å²) in [5.74, 6) is 2.08. The predicted molar refractivity (Wildman–Crippen MR) is 118 cm³/mol. The molecule has 0 aliphatic rings. The van der Waals surface area contributed by atoms with Crippen molar-refractivity contribution in [3.63, 3.8) is 0 Å². The molecule has 5 heteroatoms. The van der Waals surface area contributed by atoms with Crippen LogP contribution in [0.25, 0.3) is 6.08 Å². The standard InChI is InChI=1S/C25H25NO4/c1-28-22-11-13-23(14-12-22)29-17-16-26-25(27)15-10-20-8-5-9-24(18-20)30-19-21-6-3-2-4-7-21/h2-15,18H,16-17,19H2,1H3,(H,26,27)/b15-10+. The molecule has 154 valence electrons. The number of amides is 1. The summed E-state index contributed by atoms with van der Waals surface area (Å²) in [5.41, 5.74) is 2.00. The van der Waals surface area contributed by atoms with Crippen LogP contribution in [0.2, 0.25) is 0 Å². The molecule has 0 heterocycles. The van der Waals surface area contributed by atoms with Gasteiger partial charge in [0, 0.05) is 6.08 Å². The lowest BCUT2D eigenvalue weighted by atomic mass is 10.2. The van der Waals surface area contributed by atoms with Gasteiger partial charge in [-0.2, -0.15) is 0 Å². The number of rotatable bonds is 10. The topological polar surface area (TPSA) is 56.8 Å². The average Bonchev–Trinajstić information content (AvgIpc) is 2.80. The van der Waals surface area contributed by atoms with Crippen molar-refractivity contribution in [2.75, 3.05) is 20.3 Å². The first-order chi connectivity index (χ1) is 14.7. The summed E-state index contributed by atoms with van der Waals surface area (Å²) in [4.78, 5) is 12.0. The summed E-state index contributed by atoms with van der Waals surface area (Å²) in [6, 6.07) is 24.9. The summed E-state index contributed by atoms with van der Waals surface area (Å²) in [7, 11) is 1.62. The number of carbonyl (C=O) groups excluding carboxylic acids is 1. The van der Waals surface area contributed by atoms with Crippen LogP contribution in [0.15, 0.2) is 84.9 Å². The van der Waals surface area contributed by atoms with Crippen LogP contribution in [0.5, 0.6) is 17.2 Å². The summed E-state index contributed by atoms with van der Waals surface area (Å²) >= 11 is 0. The molecule has 3 aromatic rings. The van der Waals surface area contributed by atoms with Crippen molar-refractivity contribution in [2.45, 2.75) is 6.61 Å². The molecule has 1 amide bonds. The van der Waals surface area contributed by atoms with Crippen LogP contribution in [0.1, 0.15) is 11.1 Å². The molecule has 3 rings (SSSR count). The minimum Gasteiger partial charge on any atom is -0.497 e. The highest BCUT2D eigenvalue weighted by Crippen LogP contribution is 2.17. The highest BCUT2D eigenvalue weighted by atomic mass is 16.5. The monoisotopic (exact) mass is 403 g/mol. The average molecular weight is 403 g/mol. The predicted octanol–water partition coefficient (Wildman–Crippen LogP) is 4.48. The molecule has 1 N–H and O–H groups in total. The second-order valence-corrected chi connectivity index (χ2v) is 6.50. The molecule has 30 heavy (non-hydrogen) atoms. The maximum atomic E-state index is 12.0. The number of hydrogen-bond donors (Lipinski definition) is 1. The summed E-state index contributed by atoms with van der Waals surface area (Å²) in [6.07, 6.45) is 3.26. The Balaban J connectivity index is 1.40. The molecule has 0 radical (unpaired) electrons. The van der Waals surface area contributed by atoms with Gasteiger partial charge in [-0.15, -0.1) is 0 Å². The van der Waals surface area contributed by atoms with Crippen LogP contribution in [-0.4, -0.2) is 26.2 Å². The van der Waals surface area contributed by atoms with E-state index >= 15 is 0 Å². The van der Waals surface area contributed by atoms with Gasteiger partial charge in [-0.25, -0.2) is 0 Å². The van der Waals surface area contributed by atoms with Gasteiger partial charge in [0.15, 0.2) is 0 Å². The number of nitrogens with one attached hydrogen (secondary N) is 1. The first-order valence-corrected chi connectivity index (χ1v) is 9.72.